The van der Waals surface area contributed by atoms with Crippen LogP contribution in [0.5, 0.6) is 0 Å². The normalized spacial score (nSPS) is 15.7. The maximum absolute atomic E-state index is 5.36. The fourth-order valence-electron chi connectivity index (χ4n) is 1.67. The molecule has 1 aliphatic rings. The maximum Gasteiger partial charge on any atom is 0.284 e. The van der Waals surface area contributed by atoms with Crippen molar-refractivity contribution in [1.82, 2.24) is 5.32 Å². The summed E-state index contributed by atoms with van der Waals surface area (Å²) in [4.78, 5) is 4.26. The highest BCUT2D eigenvalue weighted by molar-refractivity contribution is 5.73. The molecule has 1 heterocycles. The van der Waals surface area contributed by atoms with E-state index in [9.17, 15) is 0 Å². The van der Waals surface area contributed by atoms with Crippen LogP contribution in [-0.2, 0) is 4.74 Å². The summed E-state index contributed by atoms with van der Waals surface area (Å²) >= 11 is 0. The van der Waals surface area contributed by atoms with Crippen molar-refractivity contribution in [3.63, 3.8) is 0 Å². The van der Waals surface area contributed by atoms with E-state index in [4.69, 9.17) is 4.74 Å². The molecule has 0 aromatic heterocycles. The lowest BCUT2D eigenvalue weighted by Gasteiger charge is -2.14. The van der Waals surface area contributed by atoms with E-state index < -0.39 is 0 Å². The van der Waals surface area contributed by atoms with Gasteiger partial charge in [-0.2, -0.15) is 0 Å². The molecule has 0 atom stereocenters. The molecule has 0 fully saturated rings. The van der Waals surface area contributed by atoms with Gasteiger partial charge in [-0.15, -0.1) is 0 Å². The SMILES string of the molecule is CCCCCCCCNC1=NCCCO1. The average molecular weight is 212 g/mol. The van der Waals surface area contributed by atoms with E-state index >= 15 is 0 Å². The third-order valence-electron chi connectivity index (χ3n) is 2.60. The number of rotatable bonds is 7. The Bertz CT molecular complexity index is 180. The Hall–Kier alpha value is -0.730. The predicted octanol–water partition coefficient (Wildman–Crippen LogP) is 2.71. The van der Waals surface area contributed by atoms with Crippen LogP contribution in [-0.4, -0.2) is 25.7 Å². The molecule has 1 rings (SSSR count). The number of nitrogens with zero attached hydrogens (tertiary/aromatic N) is 1. The van der Waals surface area contributed by atoms with Crippen molar-refractivity contribution in [2.45, 2.75) is 51.9 Å². The zero-order chi connectivity index (χ0) is 10.8. The highest BCUT2D eigenvalue weighted by atomic mass is 16.5. The van der Waals surface area contributed by atoms with E-state index in [-0.39, 0.29) is 0 Å². The molecule has 0 aromatic carbocycles. The first-order valence-electron chi connectivity index (χ1n) is 6.34. The Kier molecular flexibility index (Phi) is 7.05. The van der Waals surface area contributed by atoms with E-state index in [0.717, 1.165) is 32.1 Å². The molecule has 0 aliphatic carbocycles. The molecule has 15 heavy (non-hydrogen) atoms. The zero-order valence-electron chi connectivity index (χ0n) is 9.93. The molecule has 0 radical (unpaired) electrons. The minimum Gasteiger partial charge on any atom is -0.465 e. The Morgan fingerprint density at radius 1 is 1.20 bits per heavy atom. The van der Waals surface area contributed by atoms with Gasteiger partial charge in [0.1, 0.15) is 0 Å². The smallest absolute Gasteiger partial charge is 0.284 e. The molecular weight excluding hydrogens is 188 g/mol. The lowest BCUT2D eigenvalue weighted by molar-refractivity contribution is 0.267. The molecule has 1 N–H and O–H groups in total. The van der Waals surface area contributed by atoms with Gasteiger partial charge >= 0.3 is 0 Å². The van der Waals surface area contributed by atoms with Gasteiger partial charge in [0.05, 0.1) is 6.61 Å². The number of ether oxygens (including phenoxy) is 1. The summed E-state index contributed by atoms with van der Waals surface area (Å²) in [6.45, 7) is 4.99. The fraction of sp³-hybridized carbons (Fsp3) is 0.917. The Balaban J connectivity index is 1.86. The highest BCUT2D eigenvalue weighted by Gasteiger charge is 2.03. The first-order chi connectivity index (χ1) is 7.43. The van der Waals surface area contributed by atoms with Crippen molar-refractivity contribution in [2.75, 3.05) is 19.7 Å². The van der Waals surface area contributed by atoms with Gasteiger partial charge in [-0.25, -0.2) is 4.99 Å². The van der Waals surface area contributed by atoms with Gasteiger partial charge in [0.2, 0.25) is 0 Å². The second kappa shape index (κ2) is 8.57. The van der Waals surface area contributed by atoms with Crippen LogP contribution >= 0.6 is 0 Å². The van der Waals surface area contributed by atoms with Crippen LogP contribution < -0.4 is 5.32 Å². The van der Waals surface area contributed by atoms with Crippen LogP contribution in [0.2, 0.25) is 0 Å². The molecule has 0 bridgehead atoms. The molecule has 3 nitrogen and oxygen atoms in total. The summed E-state index contributed by atoms with van der Waals surface area (Å²) in [5.41, 5.74) is 0. The van der Waals surface area contributed by atoms with Crippen LogP contribution in [0.25, 0.3) is 0 Å². The van der Waals surface area contributed by atoms with E-state index in [2.05, 4.69) is 17.2 Å². The number of amidine groups is 1. The van der Waals surface area contributed by atoms with Crippen molar-refractivity contribution in [3.8, 4) is 0 Å². The second-order valence-corrected chi connectivity index (χ2v) is 4.08. The van der Waals surface area contributed by atoms with Crippen LogP contribution in [0.3, 0.4) is 0 Å². The van der Waals surface area contributed by atoms with Gasteiger partial charge in [0.25, 0.3) is 6.02 Å². The Morgan fingerprint density at radius 3 is 2.73 bits per heavy atom. The second-order valence-electron chi connectivity index (χ2n) is 4.08. The van der Waals surface area contributed by atoms with Gasteiger partial charge in [0, 0.05) is 19.5 Å². The number of hydrogen-bond acceptors (Lipinski definition) is 3. The molecule has 1 aliphatic heterocycles. The number of nitrogens with one attached hydrogen (secondary N) is 1. The maximum atomic E-state index is 5.36. The van der Waals surface area contributed by atoms with Gasteiger partial charge in [0.15, 0.2) is 0 Å². The Morgan fingerprint density at radius 2 is 2.00 bits per heavy atom. The van der Waals surface area contributed by atoms with Crippen molar-refractivity contribution in [3.05, 3.63) is 0 Å². The molecule has 0 aromatic rings. The summed E-state index contributed by atoms with van der Waals surface area (Å²) in [5, 5.41) is 3.24. The first-order valence-corrected chi connectivity index (χ1v) is 6.34. The van der Waals surface area contributed by atoms with Gasteiger partial charge < -0.3 is 10.1 Å². The summed E-state index contributed by atoms with van der Waals surface area (Å²) in [7, 11) is 0. The monoisotopic (exact) mass is 212 g/mol. The lowest BCUT2D eigenvalue weighted by Crippen LogP contribution is -2.30. The van der Waals surface area contributed by atoms with Crippen LogP contribution in [0, 0.1) is 0 Å². The third kappa shape index (κ3) is 6.37. The van der Waals surface area contributed by atoms with E-state index in [1.165, 1.54) is 38.5 Å². The minimum absolute atomic E-state index is 0.759. The fourth-order valence-corrected chi connectivity index (χ4v) is 1.67. The van der Waals surface area contributed by atoms with Gasteiger partial charge in [-0.1, -0.05) is 39.0 Å². The predicted molar refractivity (Wildman–Crippen MR) is 64.2 cm³/mol. The van der Waals surface area contributed by atoms with Crippen LogP contribution in [0.15, 0.2) is 4.99 Å². The first kappa shape index (κ1) is 12.3. The number of aliphatic imine (C=N–C) groups is 1. The minimum atomic E-state index is 0.759. The molecule has 3 heteroatoms. The third-order valence-corrected chi connectivity index (χ3v) is 2.60. The molecule has 0 saturated heterocycles. The van der Waals surface area contributed by atoms with Crippen molar-refractivity contribution in [1.29, 1.82) is 0 Å². The van der Waals surface area contributed by atoms with E-state index in [1.807, 2.05) is 0 Å². The molecule has 88 valence electrons. The van der Waals surface area contributed by atoms with Crippen LogP contribution in [0.1, 0.15) is 51.9 Å². The topological polar surface area (TPSA) is 33.6 Å². The summed E-state index contributed by atoms with van der Waals surface area (Å²) in [5.74, 6) is 0. The molecule has 0 amide bonds. The van der Waals surface area contributed by atoms with Crippen molar-refractivity contribution >= 4 is 6.02 Å². The van der Waals surface area contributed by atoms with Crippen molar-refractivity contribution in [2.24, 2.45) is 4.99 Å². The number of hydrogen-bond donors (Lipinski definition) is 1. The average Bonchev–Trinajstić information content (AvgIpc) is 2.29. The van der Waals surface area contributed by atoms with Gasteiger partial charge in [-0.3, -0.25) is 0 Å². The summed E-state index contributed by atoms with van der Waals surface area (Å²) in [6.07, 6.45) is 9.05. The van der Waals surface area contributed by atoms with Crippen LogP contribution in [0.4, 0.5) is 0 Å². The zero-order valence-corrected chi connectivity index (χ0v) is 9.93. The largest absolute Gasteiger partial charge is 0.465 e. The summed E-state index contributed by atoms with van der Waals surface area (Å²) < 4.78 is 5.36. The van der Waals surface area contributed by atoms with E-state index in [0.29, 0.717) is 0 Å². The quantitative estimate of drug-likeness (QED) is 0.658. The molecular formula is C12H24N2O. The molecule has 0 unspecified atom stereocenters. The number of unbranched alkanes of at least 4 members (excludes halogenated alkanes) is 5. The molecule has 0 spiro atoms. The van der Waals surface area contributed by atoms with E-state index in [1.54, 1.807) is 0 Å². The lowest BCUT2D eigenvalue weighted by atomic mass is 10.1. The molecule has 0 saturated carbocycles. The summed E-state index contributed by atoms with van der Waals surface area (Å²) in [6, 6.07) is 0.759. The Labute approximate surface area is 93.3 Å². The van der Waals surface area contributed by atoms with Gasteiger partial charge in [-0.05, 0) is 6.42 Å². The standard InChI is InChI=1S/C12H24N2O/c1-2-3-4-5-6-7-9-13-12-14-10-8-11-15-12/h2-11H2,1H3,(H,13,14). The van der Waals surface area contributed by atoms with Crippen molar-refractivity contribution < 1.29 is 4.74 Å². The highest BCUT2D eigenvalue weighted by Crippen LogP contribution is 2.04.